The van der Waals surface area contributed by atoms with Crippen LogP contribution in [0.5, 0.6) is 0 Å². The number of halogens is 5. The number of amides is 1. The van der Waals surface area contributed by atoms with Crippen LogP contribution in [0.2, 0.25) is 10.0 Å². The van der Waals surface area contributed by atoms with Crippen LogP contribution in [0, 0.1) is 11.8 Å². The van der Waals surface area contributed by atoms with E-state index >= 15 is 0 Å². The van der Waals surface area contributed by atoms with Gasteiger partial charge in [0.15, 0.2) is 0 Å². The lowest BCUT2D eigenvalue weighted by Crippen LogP contribution is -2.39. The Balaban J connectivity index is 1.47. The molecule has 0 aliphatic heterocycles. The number of rotatable bonds is 4. The van der Waals surface area contributed by atoms with Crippen molar-refractivity contribution in [1.82, 2.24) is 10.3 Å². The maximum absolute atomic E-state index is 13.3. The predicted octanol–water partition coefficient (Wildman–Crippen LogP) is 6.31. The summed E-state index contributed by atoms with van der Waals surface area (Å²) >= 11 is 12.3. The molecule has 0 bridgehead atoms. The van der Waals surface area contributed by atoms with Gasteiger partial charge in [0.05, 0.1) is 21.8 Å². The molecule has 0 radical (unpaired) electrons. The summed E-state index contributed by atoms with van der Waals surface area (Å²) in [7, 11) is 0. The number of pyridine rings is 1. The fourth-order valence-electron chi connectivity index (χ4n) is 3.40. The van der Waals surface area contributed by atoms with Crippen molar-refractivity contribution >= 4 is 29.1 Å². The van der Waals surface area contributed by atoms with Gasteiger partial charge >= 0.3 is 6.18 Å². The van der Waals surface area contributed by atoms with E-state index in [0.717, 1.165) is 11.6 Å². The molecule has 1 aliphatic carbocycles. The predicted molar refractivity (Wildman–Crippen MR) is 121 cm³/mol. The molecule has 1 N–H and O–H groups in total. The fraction of sp³-hybridized carbons (Fsp3) is 0.200. The highest BCUT2D eigenvalue weighted by molar-refractivity contribution is 6.31. The van der Waals surface area contributed by atoms with Crippen LogP contribution in [0.3, 0.4) is 0 Å². The SMILES string of the molecule is O=C(NC1(Cc2ncc(C#Cc3ccc(Cl)cc3)cc2Cl)CC1)c1ccccc1C(F)(F)F. The van der Waals surface area contributed by atoms with Crippen LogP contribution < -0.4 is 5.32 Å². The second-order valence-corrected chi connectivity index (χ2v) is 8.71. The Bertz CT molecular complexity index is 1260. The Morgan fingerprint density at radius 1 is 1.03 bits per heavy atom. The highest BCUT2D eigenvalue weighted by Crippen LogP contribution is 2.40. The largest absolute Gasteiger partial charge is 0.417 e. The van der Waals surface area contributed by atoms with E-state index < -0.39 is 28.7 Å². The summed E-state index contributed by atoms with van der Waals surface area (Å²) in [5, 5.41) is 3.77. The van der Waals surface area contributed by atoms with Gasteiger partial charge in [0.2, 0.25) is 0 Å². The van der Waals surface area contributed by atoms with Crippen LogP contribution in [0.4, 0.5) is 13.2 Å². The molecule has 4 rings (SSSR count). The molecular formula is C25H17Cl2F3N2O. The average Bonchev–Trinajstić information content (AvgIpc) is 3.53. The number of aromatic nitrogens is 1. The number of nitrogens with zero attached hydrogens (tertiary/aromatic N) is 1. The van der Waals surface area contributed by atoms with Crippen molar-refractivity contribution < 1.29 is 18.0 Å². The average molecular weight is 489 g/mol. The molecule has 8 heteroatoms. The van der Waals surface area contributed by atoms with Crippen molar-refractivity contribution in [2.45, 2.75) is 31.0 Å². The van der Waals surface area contributed by atoms with Gasteiger partial charge in [0.1, 0.15) is 0 Å². The van der Waals surface area contributed by atoms with Crippen LogP contribution in [-0.2, 0) is 12.6 Å². The van der Waals surface area contributed by atoms with Gasteiger partial charge in [-0.15, -0.1) is 0 Å². The quantitative estimate of drug-likeness (QED) is 0.437. The van der Waals surface area contributed by atoms with Crippen molar-refractivity contribution in [3.63, 3.8) is 0 Å². The Morgan fingerprint density at radius 3 is 2.33 bits per heavy atom. The van der Waals surface area contributed by atoms with E-state index in [1.807, 2.05) is 0 Å². The zero-order chi connectivity index (χ0) is 23.6. The molecule has 1 heterocycles. The fourth-order valence-corrected chi connectivity index (χ4v) is 3.76. The van der Waals surface area contributed by atoms with Gasteiger partial charge in [-0.3, -0.25) is 9.78 Å². The van der Waals surface area contributed by atoms with Gasteiger partial charge in [-0.25, -0.2) is 0 Å². The van der Waals surface area contributed by atoms with Crippen molar-refractivity contribution in [3.05, 3.63) is 98.8 Å². The van der Waals surface area contributed by atoms with E-state index in [2.05, 4.69) is 22.1 Å². The summed E-state index contributed by atoms with van der Waals surface area (Å²) in [6.45, 7) is 0. The first-order chi connectivity index (χ1) is 15.7. The minimum Gasteiger partial charge on any atom is -0.346 e. The summed E-state index contributed by atoms with van der Waals surface area (Å²) in [5.74, 6) is 5.22. The highest BCUT2D eigenvalue weighted by atomic mass is 35.5. The lowest BCUT2D eigenvalue weighted by molar-refractivity contribution is -0.137. The molecule has 1 aromatic heterocycles. The van der Waals surface area contributed by atoms with Crippen LogP contribution in [0.1, 0.15) is 45.6 Å². The smallest absolute Gasteiger partial charge is 0.346 e. The van der Waals surface area contributed by atoms with Crippen molar-refractivity contribution in [2.24, 2.45) is 0 Å². The molecule has 168 valence electrons. The zero-order valence-electron chi connectivity index (χ0n) is 17.1. The molecule has 1 aliphatic rings. The van der Waals surface area contributed by atoms with Gasteiger partial charge in [-0.1, -0.05) is 47.2 Å². The molecule has 1 saturated carbocycles. The molecule has 1 fully saturated rings. The number of carbonyl (C=O) groups is 1. The molecule has 2 aromatic carbocycles. The number of nitrogens with one attached hydrogen (secondary N) is 1. The number of carbonyl (C=O) groups excluding carboxylic acids is 1. The Hall–Kier alpha value is -3.01. The summed E-state index contributed by atoms with van der Waals surface area (Å²) in [5.41, 5.74) is -0.0648. The monoisotopic (exact) mass is 488 g/mol. The van der Waals surface area contributed by atoms with E-state index in [-0.39, 0.29) is 0 Å². The number of hydrogen-bond acceptors (Lipinski definition) is 2. The van der Waals surface area contributed by atoms with Gasteiger partial charge in [-0.2, -0.15) is 13.2 Å². The first-order valence-electron chi connectivity index (χ1n) is 10.1. The maximum atomic E-state index is 13.3. The van der Waals surface area contributed by atoms with E-state index in [1.54, 1.807) is 36.5 Å². The number of alkyl halides is 3. The van der Waals surface area contributed by atoms with Crippen molar-refractivity contribution in [3.8, 4) is 11.8 Å². The minimum atomic E-state index is -4.61. The lowest BCUT2D eigenvalue weighted by Gasteiger charge is -2.19. The Kier molecular flexibility index (Phi) is 6.38. The molecule has 1 amide bonds. The lowest BCUT2D eigenvalue weighted by atomic mass is 10.0. The topological polar surface area (TPSA) is 42.0 Å². The standard InChI is InChI=1S/C25H17Cl2F3N2O/c26-18-9-7-16(8-10-18)5-6-17-13-21(27)22(31-15-17)14-24(11-12-24)32-23(33)19-3-1-2-4-20(19)25(28,29)30/h1-4,7-10,13,15H,11-12,14H2,(H,32,33). The minimum absolute atomic E-state index is 0.316. The molecule has 3 aromatic rings. The Morgan fingerprint density at radius 2 is 1.70 bits per heavy atom. The van der Waals surface area contributed by atoms with Crippen LogP contribution >= 0.6 is 23.2 Å². The first-order valence-corrected chi connectivity index (χ1v) is 10.8. The third-order valence-electron chi connectivity index (χ3n) is 5.33. The summed E-state index contributed by atoms with van der Waals surface area (Å²) in [4.78, 5) is 17.0. The second-order valence-electron chi connectivity index (χ2n) is 7.86. The summed E-state index contributed by atoms with van der Waals surface area (Å²) < 4.78 is 39.8. The third kappa shape index (κ3) is 5.68. The maximum Gasteiger partial charge on any atom is 0.417 e. The summed E-state index contributed by atoms with van der Waals surface area (Å²) in [6.07, 6.45) is -1.46. The molecule has 33 heavy (non-hydrogen) atoms. The van der Waals surface area contributed by atoms with E-state index in [1.165, 1.54) is 18.2 Å². The van der Waals surface area contributed by atoms with Gasteiger partial charge < -0.3 is 5.32 Å². The third-order valence-corrected chi connectivity index (χ3v) is 5.91. The molecular weight excluding hydrogens is 472 g/mol. The van der Waals surface area contributed by atoms with Crippen LogP contribution in [0.25, 0.3) is 0 Å². The van der Waals surface area contributed by atoms with Crippen LogP contribution in [-0.4, -0.2) is 16.4 Å². The molecule has 0 unspecified atom stereocenters. The van der Waals surface area contributed by atoms with Crippen LogP contribution in [0.15, 0.2) is 60.8 Å². The second kappa shape index (κ2) is 9.09. The van der Waals surface area contributed by atoms with E-state index in [0.29, 0.717) is 40.6 Å². The Labute approximate surface area is 198 Å². The molecule has 3 nitrogen and oxygen atoms in total. The van der Waals surface area contributed by atoms with Crippen molar-refractivity contribution in [1.29, 1.82) is 0 Å². The summed E-state index contributed by atoms with van der Waals surface area (Å²) in [6, 6.07) is 13.5. The number of hydrogen-bond donors (Lipinski definition) is 1. The molecule has 0 atom stereocenters. The normalized spacial score (nSPS) is 14.2. The molecule has 0 spiro atoms. The van der Waals surface area contributed by atoms with E-state index in [4.69, 9.17) is 23.2 Å². The van der Waals surface area contributed by atoms with Crippen molar-refractivity contribution in [2.75, 3.05) is 0 Å². The van der Waals surface area contributed by atoms with E-state index in [9.17, 15) is 18.0 Å². The van der Waals surface area contributed by atoms with Gasteiger partial charge in [0.25, 0.3) is 5.91 Å². The first kappa shape index (κ1) is 23.2. The van der Waals surface area contributed by atoms with Gasteiger partial charge in [0, 0.05) is 34.3 Å². The zero-order valence-corrected chi connectivity index (χ0v) is 18.7. The highest BCUT2D eigenvalue weighted by Gasteiger charge is 2.46. The number of benzene rings is 2. The molecule has 0 saturated heterocycles. The van der Waals surface area contributed by atoms with Gasteiger partial charge in [-0.05, 0) is 55.3 Å².